The molecule has 8 heteroatoms. The number of rotatable bonds is 14. The Morgan fingerprint density at radius 3 is 1.83 bits per heavy atom. The summed E-state index contributed by atoms with van der Waals surface area (Å²) in [5.41, 5.74) is 3.35. The number of amides is 2. The van der Waals surface area contributed by atoms with Crippen molar-refractivity contribution in [1.82, 2.24) is 10.6 Å². The number of Topliss-reactive ketones (excluding diaryl/α,β-unsaturated/α-hetero) is 1. The van der Waals surface area contributed by atoms with Gasteiger partial charge in [0, 0.05) is 35.8 Å². The van der Waals surface area contributed by atoms with E-state index in [-0.39, 0.29) is 55.5 Å². The van der Waals surface area contributed by atoms with E-state index in [9.17, 15) is 14.4 Å². The average Bonchev–Trinajstić information content (AvgIpc) is 2.83. The Morgan fingerprint density at radius 1 is 0.778 bits per heavy atom. The summed E-state index contributed by atoms with van der Waals surface area (Å²) >= 11 is 0. The molecule has 8 nitrogen and oxygen atoms in total. The van der Waals surface area contributed by atoms with E-state index >= 15 is 0 Å². The van der Waals surface area contributed by atoms with E-state index in [1.54, 1.807) is 0 Å². The zero-order chi connectivity index (χ0) is 26.6. The number of ether oxygens (including phenoxy) is 2. The number of benzene rings is 2. The second kappa shape index (κ2) is 14.5. The molecule has 0 radical (unpaired) electrons. The number of carbonyl (C=O) groups is 3. The first-order chi connectivity index (χ1) is 17.0. The lowest BCUT2D eigenvalue weighted by molar-refractivity contribution is -0.127. The monoisotopic (exact) mass is 497 g/mol. The lowest BCUT2D eigenvalue weighted by Gasteiger charge is -2.20. The predicted octanol–water partition coefficient (Wildman–Crippen LogP) is 3.67. The molecule has 0 aliphatic rings. The van der Waals surface area contributed by atoms with E-state index in [0.29, 0.717) is 24.3 Å². The highest BCUT2D eigenvalue weighted by Crippen LogP contribution is 2.22. The molecule has 0 spiro atoms. The molecule has 196 valence electrons. The standard InChI is InChI=1S/C28H39N3O5/c1-20(2)27(34)23-8-6-21(7-9-23)22-10-12-24(13-11-22)31-26(33)19-36-17-16-35-18-25(32)29-14-15-30-28(3,4)5/h6-13,20,30H,14-19H2,1-5H3,(H,29,32)(H,31,33). The van der Waals surface area contributed by atoms with E-state index in [0.717, 1.165) is 11.1 Å². The number of nitrogens with one attached hydrogen (secondary N) is 3. The van der Waals surface area contributed by atoms with Crippen LogP contribution >= 0.6 is 0 Å². The van der Waals surface area contributed by atoms with Gasteiger partial charge < -0.3 is 25.4 Å². The van der Waals surface area contributed by atoms with Crippen LogP contribution < -0.4 is 16.0 Å². The van der Waals surface area contributed by atoms with Crippen molar-refractivity contribution in [2.45, 2.75) is 40.2 Å². The first-order valence-corrected chi connectivity index (χ1v) is 12.3. The average molecular weight is 498 g/mol. The van der Waals surface area contributed by atoms with E-state index in [1.807, 2.05) is 62.4 Å². The quantitative estimate of drug-likeness (QED) is 0.272. The fourth-order valence-electron chi connectivity index (χ4n) is 3.24. The summed E-state index contributed by atoms with van der Waals surface area (Å²) in [7, 11) is 0. The largest absolute Gasteiger partial charge is 0.369 e. The molecular formula is C28H39N3O5. The van der Waals surface area contributed by atoms with Gasteiger partial charge in [0.2, 0.25) is 11.8 Å². The number of ketones is 1. The molecule has 2 aromatic rings. The Morgan fingerprint density at radius 2 is 1.31 bits per heavy atom. The normalized spacial score (nSPS) is 11.4. The molecule has 0 bridgehead atoms. The summed E-state index contributed by atoms with van der Waals surface area (Å²) in [6.07, 6.45) is 0. The van der Waals surface area contributed by atoms with Crippen LogP contribution in [0.2, 0.25) is 0 Å². The van der Waals surface area contributed by atoms with Crippen LogP contribution in [0.4, 0.5) is 5.69 Å². The first-order valence-electron chi connectivity index (χ1n) is 12.3. The highest BCUT2D eigenvalue weighted by Gasteiger charge is 2.11. The molecule has 0 unspecified atom stereocenters. The third kappa shape index (κ3) is 11.1. The molecule has 0 aromatic heterocycles. The number of anilines is 1. The zero-order valence-electron chi connectivity index (χ0n) is 22.0. The van der Waals surface area contributed by atoms with E-state index in [1.165, 1.54) is 0 Å². The zero-order valence-corrected chi connectivity index (χ0v) is 22.0. The minimum atomic E-state index is -0.275. The molecule has 0 saturated heterocycles. The molecule has 0 atom stereocenters. The highest BCUT2D eigenvalue weighted by molar-refractivity contribution is 5.97. The Hall–Kier alpha value is -3.07. The second-order valence-electron chi connectivity index (χ2n) is 9.85. The Labute approximate surface area is 214 Å². The Bertz CT molecular complexity index is 980. The molecule has 0 saturated carbocycles. The van der Waals surface area contributed by atoms with Crippen LogP contribution in [-0.4, -0.2) is 62.7 Å². The molecule has 3 N–H and O–H groups in total. The van der Waals surface area contributed by atoms with Crippen molar-refractivity contribution in [3.8, 4) is 11.1 Å². The van der Waals surface area contributed by atoms with Crippen molar-refractivity contribution in [2.75, 3.05) is 44.8 Å². The lowest BCUT2D eigenvalue weighted by atomic mass is 9.98. The van der Waals surface area contributed by atoms with Gasteiger partial charge >= 0.3 is 0 Å². The summed E-state index contributed by atoms with van der Waals surface area (Å²) in [6, 6.07) is 15.0. The minimum absolute atomic E-state index is 0.0117. The van der Waals surface area contributed by atoms with Crippen LogP contribution in [0.25, 0.3) is 11.1 Å². The first kappa shape index (κ1) is 29.2. The van der Waals surface area contributed by atoms with Gasteiger partial charge in [-0.2, -0.15) is 0 Å². The topological polar surface area (TPSA) is 106 Å². The van der Waals surface area contributed by atoms with Gasteiger partial charge in [-0.25, -0.2) is 0 Å². The SMILES string of the molecule is CC(C)C(=O)c1ccc(-c2ccc(NC(=O)COCCOCC(=O)NCCNC(C)(C)C)cc2)cc1. The maximum absolute atomic E-state index is 12.1. The van der Waals surface area contributed by atoms with Crippen molar-refractivity contribution < 1.29 is 23.9 Å². The molecule has 0 heterocycles. The Balaban J connectivity index is 1.62. The van der Waals surface area contributed by atoms with Gasteiger partial charge in [-0.1, -0.05) is 50.2 Å². The van der Waals surface area contributed by atoms with Gasteiger partial charge in [0.15, 0.2) is 5.78 Å². The van der Waals surface area contributed by atoms with Gasteiger partial charge in [0.25, 0.3) is 0 Å². The van der Waals surface area contributed by atoms with E-state index < -0.39 is 0 Å². The maximum Gasteiger partial charge on any atom is 0.250 e. The molecular weight excluding hydrogens is 458 g/mol. The number of hydrogen-bond acceptors (Lipinski definition) is 6. The third-order valence-corrected chi connectivity index (χ3v) is 5.14. The van der Waals surface area contributed by atoms with Crippen molar-refractivity contribution in [2.24, 2.45) is 5.92 Å². The molecule has 0 fully saturated rings. The smallest absolute Gasteiger partial charge is 0.250 e. The third-order valence-electron chi connectivity index (χ3n) is 5.14. The van der Waals surface area contributed by atoms with Gasteiger partial charge in [0.1, 0.15) is 13.2 Å². The van der Waals surface area contributed by atoms with Crippen molar-refractivity contribution >= 4 is 23.3 Å². The van der Waals surface area contributed by atoms with Crippen LogP contribution in [0.15, 0.2) is 48.5 Å². The fourth-order valence-corrected chi connectivity index (χ4v) is 3.24. The molecule has 0 aliphatic carbocycles. The molecule has 2 rings (SSSR count). The van der Waals surface area contributed by atoms with Crippen molar-refractivity contribution in [3.63, 3.8) is 0 Å². The van der Waals surface area contributed by atoms with Crippen LogP contribution in [0.1, 0.15) is 45.0 Å². The maximum atomic E-state index is 12.1. The van der Waals surface area contributed by atoms with Crippen LogP contribution in [0.5, 0.6) is 0 Å². The van der Waals surface area contributed by atoms with E-state index in [2.05, 4.69) is 36.7 Å². The summed E-state index contributed by atoms with van der Waals surface area (Å²) in [5, 5.41) is 8.84. The number of carbonyl (C=O) groups excluding carboxylic acids is 3. The van der Waals surface area contributed by atoms with E-state index in [4.69, 9.17) is 9.47 Å². The van der Waals surface area contributed by atoms with Gasteiger partial charge in [-0.15, -0.1) is 0 Å². The molecule has 0 aliphatic heterocycles. The second-order valence-corrected chi connectivity index (χ2v) is 9.85. The molecule has 2 aromatic carbocycles. The van der Waals surface area contributed by atoms with Gasteiger partial charge in [-0.3, -0.25) is 14.4 Å². The highest BCUT2D eigenvalue weighted by atomic mass is 16.5. The summed E-state index contributed by atoms with van der Waals surface area (Å²) in [5.74, 6) is -0.373. The minimum Gasteiger partial charge on any atom is -0.369 e. The van der Waals surface area contributed by atoms with Crippen LogP contribution in [0, 0.1) is 5.92 Å². The molecule has 2 amide bonds. The van der Waals surface area contributed by atoms with Crippen LogP contribution in [-0.2, 0) is 19.1 Å². The van der Waals surface area contributed by atoms with Gasteiger partial charge in [0.05, 0.1) is 13.2 Å². The van der Waals surface area contributed by atoms with Gasteiger partial charge in [-0.05, 0) is 44.0 Å². The summed E-state index contributed by atoms with van der Waals surface area (Å²) in [6.45, 7) is 11.4. The number of hydrogen-bond donors (Lipinski definition) is 3. The fraction of sp³-hybridized carbons (Fsp3) is 0.464. The van der Waals surface area contributed by atoms with Crippen LogP contribution in [0.3, 0.4) is 0 Å². The summed E-state index contributed by atoms with van der Waals surface area (Å²) < 4.78 is 10.6. The predicted molar refractivity (Wildman–Crippen MR) is 142 cm³/mol. The lowest BCUT2D eigenvalue weighted by Crippen LogP contribution is -2.42. The van der Waals surface area contributed by atoms with Crippen molar-refractivity contribution in [1.29, 1.82) is 0 Å². The van der Waals surface area contributed by atoms with Crippen molar-refractivity contribution in [3.05, 3.63) is 54.1 Å². The molecule has 36 heavy (non-hydrogen) atoms. The Kier molecular flexibility index (Phi) is 11.7. The summed E-state index contributed by atoms with van der Waals surface area (Å²) in [4.78, 5) is 35.9.